The van der Waals surface area contributed by atoms with E-state index in [1.165, 1.54) is 0 Å². The largest absolute Gasteiger partial charge is 0.399 e. The molecule has 0 aliphatic heterocycles. The minimum atomic E-state index is -0.309. The number of nitrogens with one attached hydrogen (secondary N) is 1. The molecule has 0 fully saturated rings. The van der Waals surface area contributed by atoms with Crippen molar-refractivity contribution in [3.63, 3.8) is 0 Å². The molecular weight excluding hydrogens is 283 g/mol. The summed E-state index contributed by atoms with van der Waals surface area (Å²) in [6.07, 6.45) is 0. The molecule has 3 nitrogen and oxygen atoms in total. The SMILES string of the molecule is Cc1ccc(C(=O)Nc2ccc(N)cc2Cl)c(Cl)c1. The van der Waals surface area contributed by atoms with E-state index < -0.39 is 0 Å². The summed E-state index contributed by atoms with van der Waals surface area (Å²) in [6, 6.07) is 10.1. The number of hydrogen-bond donors (Lipinski definition) is 2. The molecule has 5 heteroatoms. The highest BCUT2D eigenvalue weighted by Gasteiger charge is 2.12. The molecule has 1 amide bonds. The predicted octanol–water partition coefficient (Wildman–Crippen LogP) is 4.14. The molecule has 0 saturated carbocycles. The van der Waals surface area contributed by atoms with Crippen molar-refractivity contribution >= 4 is 40.5 Å². The summed E-state index contributed by atoms with van der Waals surface area (Å²) in [7, 11) is 0. The number of nitrogens with two attached hydrogens (primary N) is 1. The second-order valence-electron chi connectivity index (χ2n) is 4.18. The fraction of sp³-hybridized carbons (Fsp3) is 0.0714. The van der Waals surface area contributed by atoms with E-state index in [-0.39, 0.29) is 5.91 Å². The highest BCUT2D eigenvalue weighted by atomic mass is 35.5. The van der Waals surface area contributed by atoms with Crippen molar-refractivity contribution < 1.29 is 4.79 Å². The summed E-state index contributed by atoms with van der Waals surface area (Å²) in [5, 5.41) is 3.50. The van der Waals surface area contributed by atoms with Gasteiger partial charge < -0.3 is 11.1 Å². The number of carbonyl (C=O) groups excluding carboxylic acids is 1. The van der Waals surface area contributed by atoms with Crippen LogP contribution in [-0.2, 0) is 0 Å². The molecule has 0 heterocycles. The molecule has 0 radical (unpaired) electrons. The Balaban J connectivity index is 2.25. The fourth-order valence-electron chi connectivity index (χ4n) is 1.63. The molecule has 2 rings (SSSR count). The summed E-state index contributed by atoms with van der Waals surface area (Å²) < 4.78 is 0. The van der Waals surface area contributed by atoms with Crippen LogP contribution in [0.25, 0.3) is 0 Å². The number of amides is 1. The molecule has 98 valence electrons. The van der Waals surface area contributed by atoms with E-state index >= 15 is 0 Å². The zero-order valence-corrected chi connectivity index (χ0v) is 11.7. The van der Waals surface area contributed by atoms with Gasteiger partial charge in [0.2, 0.25) is 0 Å². The topological polar surface area (TPSA) is 55.1 Å². The standard InChI is InChI=1S/C14H12Cl2N2O/c1-8-2-4-10(11(15)6-8)14(19)18-13-5-3-9(17)7-12(13)16/h2-7H,17H2,1H3,(H,18,19). The summed E-state index contributed by atoms with van der Waals surface area (Å²) in [4.78, 5) is 12.1. The average Bonchev–Trinajstić information content (AvgIpc) is 2.32. The van der Waals surface area contributed by atoms with Gasteiger partial charge in [-0.2, -0.15) is 0 Å². The number of carbonyl (C=O) groups is 1. The highest BCUT2D eigenvalue weighted by Crippen LogP contribution is 2.25. The van der Waals surface area contributed by atoms with Gasteiger partial charge in [-0.05, 0) is 42.8 Å². The molecule has 0 aromatic heterocycles. The van der Waals surface area contributed by atoms with Crippen molar-refractivity contribution in [3.05, 3.63) is 57.6 Å². The smallest absolute Gasteiger partial charge is 0.257 e. The molecular formula is C14H12Cl2N2O. The summed E-state index contributed by atoms with van der Waals surface area (Å²) >= 11 is 12.0. The molecule has 0 saturated heterocycles. The third-order valence-electron chi connectivity index (χ3n) is 2.61. The van der Waals surface area contributed by atoms with Gasteiger partial charge in [-0.25, -0.2) is 0 Å². The molecule has 0 aliphatic carbocycles. The number of rotatable bonds is 2. The Bertz CT molecular complexity index is 641. The number of benzene rings is 2. The second kappa shape index (κ2) is 5.51. The van der Waals surface area contributed by atoms with Crippen molar-refractivity contribution in [3.8, 4) is 0 Å². The van der Waals surface area contributed by atoms with Gasteiger partial charge in [0.05, 0.1) is 21.3 Å². The van der Waals surface area contributed by atoms with Crippen LogP contribution in [0.2, 0.25) is 10.0 Å². The second-order valence-corrected chi connectivity index (χ2v) is 4.99. The Hall–Kier alpha value is -1.71. The summed E-state index contributed by atoms with van der Waals surface area (Å²) in [6.45, 7) is 1.91. The lowest BCUT2D eigenvalue weighted by molar-refractivity contribution is 0.102. The lowest BCUT2D eigenvalue weighted by Crippen LogP contribution is -2.13. The normalized spacial score (nSPS) is 10.3. The monoisotopic (exact) mass is 294 g/mol. The van der Waals surface area contributed by atoms with Gasteiger partial charge >= 0.3 is 0 Å². The molecule has 3 N–H and O–H groups in total. The van der Waals surface area contributed by atoms with Gasteiger partial charge in [0.1, 0.15) is 0 Å². The van der Waals surface area contributed by atoms with E-state index in [0.717, 1.165) is 5.56 Å². The Labute approximate surface area is 121 Å². The van der Waals surface area contributed by atoms with Crippen LogP contribution in [0.1, 0.15) is 15.9 Å². The molecule has 2 aromatic carbocycles. The van der Waals surface area contributed by atoms with Gasteiger partial charge in [0, 0.05) is 5.69 Å². The van der Waals surface area contributed by atoms with Crippen molar-refractivity contribution in [2.45, 2.75) is 6.92 Å². The fourth-order valence-corrected chi connectivity index (χ4v) is 2.18. The number of anilines is 2. The van der Waals surface area contributed by atoms with Crippen molar-refractivity contribution in [1.29, 1.82) is 0 Å². The van der Waals surface area contributed by atoms with E-state index in [1.807, 2.05) is 13.0 Å². The van der Waals surface area contributed by atoms with Crippen LogP contribution in [-0.4, -0.2) is 5.91 Å². The van der Waals surface area contributed by atoms with Crippen LogP contribution in [0.15, 0.2) is 36.4 Å². The molecule has 0 atom stereocenters. The predicted molar refractivity (Wildman–Crippen MR) is 80.0 cm³/mol. The summed E-state index contributed by atoms with van der Waals surface area (Å²) in [5.74, 6) is -0.309. The van der Waals surface area contributed by atoms with Crippen LogP contribution in [0.5, 0.6) is 0 Å². The van der Waals surface area contributed by atoms with Gasteiger partial charge in [0.15, 0.2) is 0 Å². The van der Waals surface area contributed by atoms with Crippen LogP contribution in [0.4, 0.5) is 11.4 Å². The van der Waals surface area contributed by atoms with Gasteiger partial charge in [-0.1, -0.05) is 29.3 Å². The van der Waals surface area contributed by atoms with Crippen molar-refractivity contribution in [2.24, 2.45) is 0 Å². The zero-order valence-electron chi connectivity index (χ0n) is 10.2. The first-order valence-corrected chi connectivity index (χ1v) is 6.35. The third kappa shape index (κ3) is 3.19. The quantitative estimate of drug-likeness (QED) is 0.818. The first-order chi connectivity index (χ1) is 8.97. The van der Waals surface area contributed by atoms with Crippen LogP contribution in [0.3, 0.4) is 0 Å². The van der Waals surface area contributed by atoms with Crippen molar-refractivity contribution in [1.82, 2.24) is 0 Å². The zero-order chi connectivity index (χ0) is 14.0. The minimum Gasteiger partial charge on any atom is -0.399 e. The molecule has 0 aliphatic rings. The molecule has 2 aromatic rings. The number of aryl methyl sites for hydroxylation is 1. The maximum absolute atomic E-state index is 12.1. The number of hydrogen-bond acceptors (Lipinski definition) is 2. The average molecular weight is 295 g/mol. The third-order valence-corrected chi connectivity index (χ3v) is 3.24. The number of halogens is 2. The summed E-state index contributed by atoms with van der Waals surface area (Å²) in [5.41, 5.74) is 8.02. The van der Waals surface area contributed by atoms with Crippen LogP contribution < -0.4 is 11.1 Å². The van der Waals surface area contributed by atoms with E-state index in [1.54, 1.807) is 30.3 Å². The Morgan fingerprint density at radius 1 is 1.11 bits per heavy atom. The Morgan fingerprint density at radius 3 is 2.47 bits per heavy atom. The Kier molecular flexibility index (Phi) is 3.98. The van der Waals surface area contributed by atoms with Crippen molar-refractivity contribution in [2.75, 3.05) is 11.1 Å². The molecule has 0 bridgehead atoms. The van der Waals surface area contributed by atoms with Crippen LogP contribution >= 0.6 is 23.2 Å². The van der Waals surface area contributed by atoms with E-state index in [0.29, 0.717) is 27.0 Å². The highest BCUT2D eigenvalue weighted by molar-refractivity contribution is 6.36. The lowest BCUT2D eigenvalue weighted by atomic mass is 10.1. The number of nitrogen functional groups attached to an aromatic ring is 1. The Morgan fingerprint density at radius 2 is 1.84 bits per heavy atom. The minimum absolute atomic E-state index is 0.309. The van der Waals surface area contributed by atoms with Gasteiger partial charge in [-0.15, -0.1) is 0 Å². The first-order valence-electron chi connectivity index (χ1n) is 5.60. The van der Waals surface area contributed by atoms with E-state index in [4.69, 9.17) is 28.9 Å². The molecule has 0 unspecified atom stereocenters. The van der Waals surface area contributed by atoms with E-state index in [9.17, 15) is 4.79 Å². The molecule has 19 heavy (non-hydrogen) atoms. The lowest BCUT2D eigenvalue weighted by Gasteiger charge is -2.09. The van der Waals surface area contributed by atoms with E-state index in [2.05, 4.69) is 5.32 Å². The maximum Gasteiger partial charge on any atom is 0.257 e. The van der Waals surface area contributed by atoms with Crippen LogP contribution in [0, 0.1) is 6.92 Å². The first kappa shape index (κ1) is 13.7. The van der Waals surface area contributed by atoms with Gasteiger partial charge in [-0.3, -0.25) is 4.79 Å². The molecule has 0 spiro atoms. The maximum atomic E-state index is 12.1. The van der Waals surface area contributed by atoms with Gasteiger partial charge in [0.25, 0.3) is 5.91 Å².